The smallest absolute Gasteiger partial charge is 0.241 e. The van der Waals surface area contributed by atoms with Crippen molar-refractivity contribution in [3.8, 4) is 22.1 Å². The molecule has 0 bridgehead atoms. The molecular formula is C23H26N6O2S. The highest BCUT2D eigenvalue weighted by atomic mass is 32.1. The van der Waals surface area contributed by atoms with E-state index in [0.717, 1.165) is 61.6 Å². The van der Waals surface area contributed by atoms with E-state index < -0.39 is 0 Å². The molecule has 4 aromatic rings. The Kier molecular flexibility index (Phi) is 6.38. The normalized spacial score (nSPS) is 15.4. The van der Waals surface area contributed by atoms with Gasteiger partial charge < -0.3 is 13.9 Å². The van der Waals surface area contributed by atoms with Gasteiger partial charge in [0.2, 0.25) is 23.4 Å². The summed E-state index contributed by atoms with van der Waals surface area (Å²) in [5.41, 5.74) is 2.17. The molecule has 3 aromatic heterocycles. The van der Waals surface area contributed by atoms with Crippen LogP contribution in [0.15, 0.2) is 50.8 Å². The third kappa shape index (κ3) is 4.95. The zero-order valence-corrected chi connectivity index (χ0v) is 18.9. The molecule has 9 heteroatoms. The molecule has 32 heavy (non-hydrogen) atoms. The molecule has 0 aliphatic carbocycles. The highest BCUT2D eigenvalue weighted by molar-refractivity contribution is 7.13. The van der Waals surface area contributed by atoms with Gasteiger partial charge in [0, 0.05) is 38.2 Å². The summed E-state index contributed by atoms with van der Waals surface area (Å²) in [4.78, 5) is 15.0. The van der Waals surface area contributed by atoms with Crippen LogP contribution in [0.25, 0.3) is 22.1 Å². The second-order valence-corrected chi connectivity index (χ2v) is 8.98. The van der Waals surface area contributed by atoms with E-state index in [1.54, 1.807) is 11.3 Å². The van der Waals surface area contributed by atoms with Gasteiger partial charge in [0.25, 0.3) is 0 Å². The highest BCUT2D eigenvalue weighted by Gasteiger charge is 2.20. The summed E-state index contributed by atoms with van der Waals surface area (Å²) in [6.07, 6.45) is 1.82. The third-order valence-corrected chi connectivity index (χ3v) is 6.62. The zero-order chi connectivity index (χ0) is 21.8. The molecule has 0 radical (unpaired) electrons. The van der Waals surface area contributed by atoms with Crippen molar-refractivity contribution in [1.82, 2.24) is 30.1 Å². The first-order valence-corrected chi connectivity index (χ1v) is 11.8. The fraction of sp³-hybridized carbons (Fsp3) is 0.391. The number of piperazine rings is 1. The summed E-state index contributed by atoms with van der Waals surface area (Å²) >= 11 is 1.62. The molecule has 166 valence electrons. The zero-order valence-electron chi connectivity index (χ0n) is 18.1. The van der Waals surface area contributed by atoms with E-state index in [1.807, 2.05) is 35.7 Å². The Morgan fingerprint density at radius 2 is 1.62 bits per heavy atom. The van der Waals surface area contributed by atoms with Crippen LogP contribution in [0.2, 0.25) is 0 Å². The van der Waals surface area contributed by atoms with Crippen LogP contribution in [0.1, 0.15) is 23.8 Å². The molecule has 5 rings (SSSR count). The van der Waals surface area contributed by atoms with E-state index in [2.05, 4.69) is 43.1 Å². The molecule has 4 heterocycles. The van der Waals surface area contributed by atoms with Crippen LogP contribution in [0.4, 0.5) is 0 Å². The fourth-order valence-electron chi connectivity index (χ4n) is 3.93. The number of hydrogen-bond acceptors (Lipinski definition) is 9. The molecule has 1 aromatic carbocycles. The van der Waals surface area contributed by atoms with Gasteiger partial charge in [0.15, 0.2) is 0 Å². The molecule has 0 saturated carbocycles. The van der Waals surface area contributed by atoms with Gasteiger partial charge in [0.1, 0.15) is 0 Å². The van der Waals surface area contributed by atoms with Gasteiger partial charge >= 0.3 is 0 Å². The van der Waals surface area contributed by atoms with Crippen molar-refractivity contribution in [2.45, 2.75) is 26.3 Å². The van der Waals surface area contributed by atoms with Crippen molar-refractivity contribution in [2.75, 3.05) is 32.7 Å². The minimum Gasteiger partial charge on any atom is -0.339 e. The summed E-state index contributed by atoms with van der Waals surface area (Å²) in [5, 5.41) is 10.3. The molecule has 0 amide bonds. The lowest BCUT2D eigenvalue weighted by Crippen LogP contribution is -2.46. The number of thiophene rings is 1. The van der Waals surface area contributed by atoms with Crippen molar-refractivity contribution in [3.63, 3.8) is 0 Å². The monoisotopic (exact) mass is 450 g/mol. The van der Waals surface area contributed by atoms with Gasteiger partial charge in [-0.25, -0.2) is 0 Å². The average molecular weight is 451 g/mol. The van der Waals surface area contributed by atoms with E-state index in [1.165, 1.54) is 0 Å². The lowest BCUT2D eigenvalue weighted by molar-refractivity contribution is 0.115. The van der Waals surface area contributed by atoms with Gasteiger partial charge in [-0.3, -0.25) is 4.90 Å². The molecule has 0 unspecified atom stereocenters. The van der Waals surface area contributed by atoms with Crippen molar-refractivity contribution in [2.24, 2.45) is 0 Å². The highest BCUT2D eigenvalue weighted by Crippen LogP contribution is 2.22. The Bertz CT molecular complexity index is 1130. The van der Waals surface area contributed by atoms with Gasteiger partial charge in [-0.1, -0.05) is 40.6 Å². The van der Waals surface area contributed by atoms with Crippen LogP contribution < -0.4 is 0 Å². The standard InChI is InChI=1S/C23H26N6O2S/c1-17-6-2-3-7-18(17)22-25-21(31-26-22)16-29-13-11-28(12-14-29)10-4-9-20-24-23(27-30-20)19-8-5-15-32-19/h2-3,5-8,15H,4,9-14,16H2,1H3. The topological polar surface area (TPSA) is 84.3 Å². The number of aromatic nitrogens is 4. The Morgan fingerprint density at radius 3 is 2.44 bits per heavy atom. The van der Waals surface area contributed by atoms with E-state index in [9.17, 15) is 0 Å². The Morgan fingerprint density at radius 1 is 0.875 bits per heavy atom. The summed E-state index contributed by atoms with van der Waals surface area (Å²) in [7, 11) is 0. The summed E-state index contributed by atoms with van der Waals surface area (Å²) in [6, 6.07) is 12.1. The first-order chi connectivity index (χ1) is 15.7. The number of aryl methyl sites for hydroxylation is 2. The Labute approximate surface area is 190 Å². The summed E-state index contributed by atoms with van der Waals surface area (Å²) in [6.45, 7) is 7.83. The fourth-order valence-corrected chi connectivity index (χ4v) is 4.58. The molecule has 0 atom stereocenters. The summed E-state index contributed by atoms with van der Waals surface area (Å²) < 4.78 is 10.9. The summed E-state index contributed by atoms with van der Waals surface area (Å²) in [5.74, 6) is 2.75. The lowest BCUT2D eigenvalue weighted by Gasteiger charge is -2.33. The van der Waals surface area contributed by atoms with Crippen molar-refractivity contribution >= 4 is 11.3 Å². The molecule has 8 nitrogen and oxygen atoms in total. The third-order valence-electron chi connectivity index (χ3n) is 5.75. The number of rotatable bonds is 8. The predicted molar refractivity (Wildman–Crippen MR) is 122 cm³/mol. The van der Waals surface area contributed by atoms with Gasteiger partial charge in [0.05, 0.1) is 11.4 Å². The Hall–Kier alpha value is -2.88. The van der Waals surface area contributed by atoms with Crippen LogP contribution >= 0.6 is 11.3 Å². The molecule has 1 aliphatic rings. The van der Waals surface area contributed by atoms with Crippen LogP contribution in [-0.4, -0.2) is 62.8 Å². The quantitative estimate of drug-likeness (QED) is 0.400. The van der Waals surface area contributed by atoms with E-state index in [4.69, 9.17) is 9.05 Å². The minimum atomic E-state index is 0.667. The van der Waals surface area contributed by atoms with Gasteiger partial charge in [-0.05, 0) is 36.9 Å². The molecule has 1 saturated heterocycles. The number of hydrogen-bond donors (Lipinski definition) is 0. The van der Waals surface area contributed by atoms with Gasteiger partial charge in [-0.2, -0.15) is 9.97 Å². The maximum absolute atomic E-state index is 5.51. The van der Waals surface area contributed by atoms with Crippen LogP contribution in [0.3, 0.4) is 0 Å². The average Bonchev–Trinajstić information content (AvgIpc) is 3.57. The maximum Gasteiger partial charge on any atom is 0.241 e. The van der Waals surface area contributed by atoms with E-state index >= 15 is 0 Å². The van der Waals surface area contributed by atoms with Crippen molar-refractivity contribution in [3.05, 3.63) is 59.1 Å². The lowest BCUT2D eigenvalue weighted by atomic mass is 10.1. The second-order valence-electron chi connectivity index (χ2n) is 8.04. The SMILES string of the molecule is Cc1ccccc1-c1noc(CN2CCN(CCCc3nc(-c4cccs4)no3)CC2)n1. The largest absolute Gasteiger partial charge is 0.339 e. The Balaban J connectivity index is 1.05. The predicted octanol–water partition coefficient (Wildman–Crippen LogP) is 3.91. The number of nitrogens with zero attached hydrogens (tertiary/aromatic N) is 6. The maximum atomic E-state index is 5.51. The molecule has 0 spiro atoms. The number of benzene rings is 1. The van der Waals surface area contributed by atoms with Crippen LogP contribution in [0.5, 0.6) is 0 Å². The molecule has 1 aliphatic heterocycles. The van der Waals surface area contributed by atoms with Crippen LogP contribution in [-0.2, 0) is 13.0 Å². The minimum absolute atomic E-state index is 0.667. The first kappa shape index (κ1) is 21.0. The van der Waals surface area contributed by atoms with E-state index in [-0.39, 0.29) is 0 Å². The van der Waals surface area contributed by atoms with Crippen LogP contribution in [0, 0.1) is 6.92 Å². The molecule has 0 N–H and O–H groups in total. The van der Waals surface area contributed by atoms with E-state index in [0.29, 0.717) is 30.0 Å². The first-order valence-electron chi connectivity index (χ1n) is 10.9. The van der Waals surface area contributed by atoms with Crippen molar-refractivity contribution < 1.29 is 9.05 Å². The van der Waals surface area contributed by atoms with Crippen molar-refractivity contribution in [1.29, 1.82) is 0 Å². The van der Waals surface area contributed by atoms with Gasteiger partial charge in [-0.15, -0.1) is 11.3 Å². The molecule has 1 fully saturated rings. The molecular weight excluding hydrogens is 424 g/mol. The second kappa shape index (κ2) is 9.72.